The summed E-state index contributed by atoms with van der Waals surface area (Å²) in [7, 11) is 0. The number of urea groups is 1. The fourth-order valence-corrected chi connectivity index (χ4v) is 0.766. The summed E-state index contributed by atoms with van der Waals surface area (Å²) >= 11 is 0. The average molecular weight is 245 g/mol. The first-order chi connectivity index (χ1) is 7.49. The second-order valence-electron chi connectivity index (χ2n) is 4.99. The summed E-state index contributed by atoms with van der Waals surface area (Å²) in [5, 5.41) is 13.6. The van der Waals surface area contributed by atoms with Gasteiger partial charge in [-0.3, -0.25) is 9.59 Å². The van der Waals surface area contributed by atoms with Crippen LogP contribution in [0.3, 0.4) is 0 Å². The van der Waals surface area contributed by atoms with Gasteiger partial charge in [-0.25, -0.2) is 4.79 Å². The van der Waals surface area contributed by atoms with Crippen LogP contribution in [-0.4, -0.2) is 35.1 Å². The number of hydrogen-bond donors (Lipinski definition) is 4. The highest BCUT2D eigenvalue weighted by Crippen LogP contribution is 2.13. The van der Waals surface area contributed by atoms with Crippen molar-refractivity contribution in [2.45, 2.75) is 33.2 Å². The van der Waals surface area contributed by atoms with Crippen LogP contribution in [-0.2, 0) is 9.59 Å². The molecule has 0 radical (unpaired) electrons. The summed E-state index contributed by atoms with van der Waals surface area (Å²) in [6.45, 7) is 5.82. The van der Waals surface area contributed by atoms with Crippen LogP contribution < -0.4 is 16.4 Å². The Bertz CT molecular complexity index is 336. The molecule has 17 heavy (non-hydrogen) atoms. The first kappa shape index (κ1) is 15.2. The van der Waals surface area contributed by atoms with Gasteiger partial charge in [0.05, 0.1) is 5.41 Å². The molecule has 0 unspecified atom stereocenters. The van der Waals surface area contributed by atoms with Gasteiger partial charge < -0.3 is 21.5 Å². The smallest absolute Gasteiger partial charge is 0.315 e. The Hall–Kier alpha value is -1.79. The van der Waals surface area contributed by atoms with Crippen molar-refractivity contribution in [1.82, 2.24) is 10.6 Å². The lowest BCUT2D eigenvalue weighted by Gasteiger charge is -2.24. The Morgan fingerprint density at radius 1 is 1.18 bits per heavy atom. The number of nitrogens with two attached hydrogens (primary N) is 1. The highest BCUT2D eigenvalue weighted by atomic mass is 16.4. The number of amides is 3. The number of aliphatic carboxylic acids is 1. The SMILES string of the molecule is CC(C)(CNC(=O)NC(C)(C)C(N)=O)C(=O)O. The quantitative estimate of drug-likeness (QED) is 0.529. The summed E-state index contributed by atoms with van der Waals surface area (Å²) < 4.78 is 0. The molecule has 0 aliphatic rings. The third kappa shape index (κ3) is 4.71. The molecule has 0 fully saturated rings. The predicted molar refractivity (Wildman–Crippen MR) is 61.2 cm³/mol. The molecular formula is C10H19N3O4. The molecule has 0 aromatic rings. The van der Waals surface area contributed by atoms with Gasteiger partial charge in [-0.2, -0.15) is 0 Å². The second kappa shape index (κ2) is 5.03. The van der Waals surface area contributed by atoms with E-state index in [-0.39, 0.29) is 6.54 Å². The first-order valence-electron chi connectivity index (χ1n) is 5.08. The van der Waals surface area contributed by atoms with Crippen molar-refractivity contribution in [1.29, 1.82) is 0 Å². The largest absolute Gasteiger partial charge is 0.481 e. The van der Waals surface area contributed by atoms with Crippen molar-refractivity contribution in [3.8, 4) is 0 Å². The van der Waals surface area contributed by atoms with E-state index in [0.717, 1.165) is 0 Å². The normalized spacial score (nSPS) is 11.8. The Morgan fingerprint density at radius 2 is 1.65 bits per heavy atom. The molecule has 0 saturated heterocycles. The minimum atomic E-state index is -1.18. The molecule has 0 aliphatic heterocycles. The van der Waals surface area contributed by atoms with E-state index in [1.165, 1.54) is 27.7 Å². The number of primary amides is 1. The van der Waals surface area contributed by atoms with Gasteiger partial charge in [0, 0.05) is 6.54 Å². The molecule has 0 rings (SSSR count). The number of carbonyl (C=O) groups excluding carboxylic acids is 2. The molecule has 0 aromatic carbocycles. The number of hydrogen-bond acceptors (Lipinski definition) is 3. The van der Waals surface area contributed by atoms with Crippen molar-refractivity contribution >= 4 is 17.9 Å². The number of carbonyl (C=O) groups is 3. The minimum Gasteiger partial charge on any atom is -0.481 e. The maximum Gasteiger partial charge on any atom is 0.315 e. The standard InChI is InChI=1S/C10H19N3O4/c1-9(2,7(15)16)5-12-8(17)13-10(3,4)6(11)14/h5H2,1-4H3,(H2,11,14)(H,15,16)(H2,12,13,17). The van der Waals surface area contributed by atoms with Gasteiger partial charge in [0.1, 0.15) is 5.54 Å². The number of carboxylic acid groups (broad SMARTS) is 1. The molecule has 0 atom stereocenters. The lowest BCUT2D eigenvalue weighted by molar-refractivity contribution is -0.146. The van der Waals surface area contributed by atoms with Crippen molar-refractivity contribution in [2.24, 2.45) is 11.1 Å². The Labute approximate surface area is 99.7 Å². The Kier molecular flexibility index (Phi) is 4.50. The number of carboxylic acids is 1. The molecule has 5 N–H and O–H groups in total. The van der Waals surface area contributed by atoms with E-state index in [0.29, 0.717) is 0 Å². The van der Waals surface area contributed by atoms with Gasteiger partial charge in [0.25, 0.3) is 0 Å². The van der Waals surface area contributed by atoms with Gasteiger partial charge in [0.15, 0.2) is 0 Å². The summed E-state index contributed by atoms with van der Waals surface area (Å²) in [6, 6.07) is -0.636. The van der Waals surface area contributed by atoms with E-state index in [1.54, 1.807) is 0 Å². The van der Waals surface area contributed by atoms with Crippen LogP contribution in [0.15, 0.2) is 0 Å². The van der Waals surface area contributed by atoms with Gasteiger partial charge in [-0.1, -0.05) is 0 Å². The van der Waals surface area contributed by atoms with Crippen molar-refractivity contribution < 1.29 is 19.5 Å². The monoisotopic (exact) mass is 245 g/mol. The average Bonchev–Trinajstić information content (AvgIpc) is 2.13. The van der Waals surface area contributed by atoms with Crippen molar-refractivity contribution in [2.75, 3.05) is 6.54 Å². The lowest BCUT2D eigenvalue weighted by atomic mass is 9.94. The zero-order chi connectivity index (χ0) is 13.9. The van der Waals surface area contributed by atoms with Crippen LogP contribution >= 0.6 is 0 Å². The van der Waals surface area contributed by atoms with Gasteiger partial charge in [-0.05, 0) is 27.7 Å². The topological polar surface area (TPSA) is 122 Å². The molecule has 0 heterocycles. The van der Waals surface area contributed by atoms with Gasteiger partial charge in [-0.15, -0.1) is 0 Å². The minimum absolute atomic E-state index is 0.0526. The van der Waals surface area contributed by atoms with Crippen LogP contribution in [0.25, 0.3) is 0 Å². The molecule has 0 aliphatic carbocycles. The molecule has 3 amide bonds. The van der Waals surface area contributed by atoms with E-state index in [1.807, 2.05) is 0 Å². The maximum atomic E-state index is 11.4. The summed E-state index contributed by atoms with van der Waals surface area (Å²) in [4.78, 5) is 33.1. The molecule has 98 valence electrons. The van der Waals surface area contributed by atoms with Crippen LogP contribution in [0.4, 0.5) is 4.79 Å². The first-order valence-corrected chi connectivity index (χ1v) is 5.08. The van der Waals surface area contributed by atoms with Crippen LogP contribution in [0.1, 0.15) is 27.7 Å². The summed E-state index contributed by atoms with van der Waals surface area (Å²) in [5.74, 6) is -1.70. The predicted octanol–water partition coefficient (Wildman–Crippen LogP) is -0.340. The molecule has 0 aromatic heterocycles. The molecule has 7 nitrogen and oxygen atoms in total. The highest BCUT2D eigenvalue weighted by Gasteiger charge is 2.30. The Balaban J connectivity index is 4.31. The van der Waals surface area contributed by atoms with Gasteiger partial charge in [0.2, 0.25) is 5.91 Å². The number of nitrogens with one attached hydrogen (secondary N) is 2. The molecule has 7 heteroatoms. The molecule has 0 saturated carbocycles. The van der Waals surface area contributed by atoms with Crippen LogP contribution in [0, 0.1) is 5.41 Å². The van der Waals surface area contributed by atoms with Crippen molar-refractivity contribution in [3.63, 3.8) is 0 Å². The van der Waals surface area contributed by atoms with E-state index >= 15 is 0 Å². The highest BCUT2D eigenvalue weighted by molar-refractivity contribution is 5.89. The van der Waals surface area contributed by atoms with Crippen LogP contribution in [0.2, 0.25) is 0 Å². The zero-order valence-electron chi connectivity index (χ0n) is 10.5. The van der Waals surface area contributed by atoms with Crippen molar-refractivity contribution in [3.05, 3.63) is 0 Å². The molecular weight excluding hydrogens is 226 g/mol. The summed E-state index contributed by atoms with van der Waals surface area (Å²) in [5.41, 5.74) is 2.81. The van der Waals surface area contributed by atoms with Crippen LogP contribution in [0.5, 0.6) is 0 Å². The van der Waals surface area contributed by atoms with Gasteiger partial charge >= 0.3 is 12.0 Å². The fraction of sp³-hybridized carbons (Fsp3) is 0.700. The zero-order valence-corrected chi connectivity index (χ0v) is 10.5. The third-order valence-corrected chi connectivity index (χ3v) is 2.31. The van der Waals surface area contributed by atoms with E-state index < -0.39 is 28.9 Å². The molecule has 0 bridgehead atoms. The fourth-order valence-electron chi connectivity index (χ4n) is 0.766. The molecule has 0 spiro atoms. The van der Waals surface area contributed by atoms with E-state index in [4.69, 9.17) is 10.8 Å². The lowest BCUT2D eigenvalue weighted by Crippen LogP contribution is -2.56. The third-order valence-electron chi connectivity index (χ3n) is 2.31. The second-order valence-corrected chi connectivity index (χ2v) is 4.99. The summed E-state index contributed by atoms with van der Waals surface area (Å²) in [6.07, 6.45) is 0. The number of rotatable bonds is 5. The Morgan fingerprint density at radius 3 is 2.00 bits per heavy atom. The van der Waals surface area contributed by atoms with E-state index in [9.17, 15) is 14.4 Å². The maximum absolute atomic E-state index is 11.4. The van der Waals surface area contributed by atoms with E-state index in [2.05, 4.69) is 10.6 Å².